The largest absolute Gasteiger partial charge is 0.461 e. The highest BCUT2D eigenvalue weighted by Gasteiger charge is 2.25. The molecule has 0 atom stereocenters. The molecule has 0 spiro atoms. The molecule has 0 radical (unpaired) electrons. The summed E-state index contributed by atoms with van der Waals surface area (Å²) in [6.45, 7) is 4.02. The monoisotopic (exact) mass is 398 g/mol. The number of carbonyl (C=O) groups excluding carboxylic acids is 1. The van der Waals surface area contributed by atoms with E-state index >= 15 is 0 Å². The molecule has 0 saturated carbocycles. The fraction of sp³-hybridized carbons (Fsp3) is 0.353. The van der Waals surface area contributed by atoms with Gasteiger partial charge in [0.2, 0.25) is 10.0 Å². The molecule has 0 bridgehead atoms. The second-order valence-corrected chi connectivity index (χ2v) is 7.26. The summed E-state index contributed by atoms with van der Waals surface area (Å²) in [6.07, 6.45) is 2.50. The van der Waals surface area contributed by atoms with Crippen molar-refractivity contribution in [3.8, 4) is 0 Å². The van der Waals surface area contributed by atoms with E-state index in [0.29, 0.717) is 24.0 Å². The molecular weight excluding hydrogens is 376 g/mol. The summed E-state index contributed by atoms with van der Waals surface area (Å²) in [6, 6.07) is 4.99. The molecule has 0 aliphatic carbocycles. The summed E-state index contributed by atoms with van der Waals surface area (Å²) in [5.41, 5.74) is 0.335. The van der Waals surface area contributed by atoms with Gasteiger partial charge >= 0.3 is 5.97 Å². The Morgan fingerprint density at radius 2 is 2.04 bits per heavy atom. The summed E-state index contributed by atoms with van der Waals surface area (Å²) < 4.78 is 32.2. The molecule has 148 valence electrons. The number of hydrogen-bond acceptors (Lipinski definition) is 7. The van der Waals surface area contributed by atoms with Gasteiger partial charge in [-0.1, -0.05) is 23.8 Å². The van der Waals surface area contributed by atoms with Crippen LogP contribution in [-0.2, 0) is 19.6 Å². The van der Waals surface area contributed by atoms with Crippen molar-refractivity contribution >= 4 is 21.7 Å². The average Bonchev–Trinajstić information content (AvgIpc) is 2.63. The van der Waals surface area contributed by atoms with Gasteiger partial charge in [0.1, 0.15) is 6.61 Å². The number of rotatable bonds is 11. The Kier molecular flexibility index (Phi) is 8.79. The van der Waals surface area contributed by atoms with E-state index in [1.807, 2.05) is 0 Å². The van der Waals surface area contributed by atoms with Crippen molar-refractivity contribution in [1.82, 2.24) is 4.72 Å². The molecule has 1 aromatic rings. The van der Waals surface area contributed by atoms with Gasteiger partial charge in [-0.15, -0.1) is 6.58 Å². The van der Waals surface area contributed by atoms with Gasteiger partial charge in [-0.3, -0.25) is 14.9 Å². The van der Waals surface area contributed by atoms with Gasteiger partial charge in [-0.25, -0.2) is 13.1 Å². The van der Waals surface area contributed by atoms with Gasteiger partial charge in [-0.2, -0.15) is 0 Å². The first kappa shape index (κ1) is 22.5. The summed E-state index contributed by atoms with van der Waals surface area (Å²) in [7, 11) is -4.17. The average molecular weight is 398 g/mol. The van der Waals surface area contributed by atoms with Crippen LogP contribution in [0.3, 0.4) is 0 Å². The summed E-state index contributed by atoms with van der Waals surface area (Å²) >= 11 is 0. The first-order valence-corrected chi connectivity index (χ1v) is 9.49. The number of allylic oxidation sites excluding steroid dienone is 1. The molecule has 1 rings (SSSR count). The van der Waals surface area contributed by atoms with E-state index in [4.69, 9.17) is 4.74 Å². The summed E-state index contributed by atoms with van der Waals surface area (Å²) in [5.74, 6) is -0.537. The zero-order valence-corrected chi connectivity index (χ0v) is 15.7. The van der Waals surface area contributed by atoms with E-state index in [2.05, 4.69) is 11.3 Å². The Morgan fingerprint density at radius 3 is 2.59 bits per heavy atom. The van der Waals surface area contributed by atoms with Crippen molar-refractivity contribution in [2.24, 2.45) is 0 Å². The number of carbonyl (C=O) groups is 1. The van der Waals surface area contributed by atoms with Gasteiger partial charge in [0.25, 0.3) is 5.69 Å². The molecule has 0 heterocycles. The lowest BCUT2D eigenvalue weighted by molar-refractivity contribution is -0.387. The normalized spacial score (nSPS) is 12.2. The number of esters is 1. The van der Waals surface area contributed by atoms with E-state index < -0.39 is 38.1 Å². The molecule has 27 heavy (non-hydrogen) atoms. The number of hydrogen-bond donors (Lipinski definition) is 2. The Labute approximate surface area is 157 Å². The minimum absolute atomic E-state index is 0.175. The zero-order chi connectivity index (χ0) is 20.4. The number of ether oxygens (including phenoxy) is 1. The molecule has 0 aliphatic rings. The van der Waals surface area contributed by atoms with Gasteiger partial charge in [0.05, 0.1) is 11.5 Å². The Morgan fingerprint density at radius 1 is 1.37 bits per heavy atom. The molecular formula is C17H22N2O7S. The first-order chi connectivity index (χ1) is 12.7. The number of nitro groups is 1. The summed E-state index contributed by atoms with van der Waals surface area (Å²) in [4.78, 5) is 20.8. The molecule has 9 nitrogen and oxygen atoms in total. The van der Waals surface area contributed by atoms with Gasteiger partial charge < -0.3 is 9.84 Å². The molecule has 10 heteroatoms. The van der Waals surface area contributed by atoms with Crippen LogP contribution in [0.25, 0.3) is 0 Å². The second-order valence-electron chi connectivity index (χ2n) is 5.52. The number of sulfonamides is 1. The van der Waals surface area contributed by atoms with Crippen molar-refractivity contribution in [2.75, 3.05) is 19.8 Å². The van der Waals surface area contributed by atoms with Crippen LogP contribution in [0.5, 0.6) is 0 Å². The standard InChI is InChI=1S/C17H22N2O7S/c1-3-4-7-14(15(11-20)12-26-13(2)21)10-18-27(24,25)17-9-6-5-8-16(17)19(22)23/h3,5-6,8-9,18,20H,1,4,7,10-12H2,2H3/b15-14+. The Bertz CT molecular complexity index is 831. The maximum absolute atomic E-state index is 12.5. The van der Waals surface area contributed by atoms with Crippen LogP contribution in [0.1, 0.15) is 19.8 Å². The number of para-hydroxylation sites is 1. The third-order valence-corrected chi connectivity index (χ3v) is 5.07. The number of aliphatic hydroxyl groups is 1. The van der Waals surface area contributed by atoms with Gasteiger partial charge in [0, 0.05) is 19.5 Å². The maximum Gasteiger partial charge on any atom is 0.302 e. The van der Waals surface area contributed by atoms with Crippen molar-refractivity contribution in [2.45, 2.75) is 24.7 Å². The molecule has 0 unspecified atom stereocenters. The Hall–Kier alpha value is -2.56. The van der Waals surface area contributed by atoms with Crippen molar-refractivity contribution in [3.63, 3.8) is 0 Å². The van der Waals surface area contributed by atoms with Crippen LogP contribution in [0, 0.1) is 10.1 Å². The number of nitrogens with zero attached hydrogens (tertiary/aromatic N) is 1. The van der Waals surface area contributed by atoms with Crippen molar-refractivity contribution < 1.29 is 28.0 Å². The highest BCUT2D eigenvalue weighted by Crippen LogP contribution is 2.23. The van der Waals surface area contributed by atoms with Crippen LogP contribution < -0.4 is 4.72 Å². The SMILES string of the molecule is C=CCC/C(CNS(=O)(=O)c1ccccc1[N+](=O)[O-])=C(/CO)COC(C)=O. The highest BCUT2D eigenvalue weighted by molar-refractivity contribution is 7.89. The molecule has 0 amide bonds. The van der Waals surface area contributed by atoms with Crippen molar-refractivity contribution in [1.29, 1.82) is 0 Å². The van der Waals surface area contributed by atoms with Crippen LogP contribution in [0.2, 0.25) is 0 Å². The van der Waals surface area contributed by atoms with E-state index in [-0.39, 0.29) is 13.2 Å². The zero-order valence-electron chi connectivity index (χ0n) is 14.9. The second kappa shape index (κ2) is 10.6. The number of benzene rings is 1. The predicted molar refractivity (Wildman–Crippen MR) is 98.5 cm³/mol. The number of nitrogens with one attached hydrogen (secondary N) is 1. The predicted octanol–water partition coefficient (Wildman–Crippen LogP) is 1.69. The van der Waals surface area contributed by atoms with E-state index in [0.717, 1.165) is 12.1 Å². The molecule has 0 saturated heterocycles. The molecule has 2 N–H and O–H groups in total. The third-order valence-electron chi connectivity index (χ3n) is 3.62. The smallest absolute Gasteiger partial charge is 0.302 e. The molecule has 0 fully saturated rings. The minimum Gasteiger partial charge on any atom is -0.461 e. The summed E-state index contributed by atoms with van der Waals surface area (Å²) in [5, 5.41) is 20.6. The van der Waals surface area contributed by atoms with E-state index in [9.17, 15) is 28.4 Å². The molecule has 0 aliphatic heterocycles. The lowest BCUT2D eigenvalue weighted by Crippen LogP contribution is -2.28. The first-order valence-electron chi connectivity index (χ1n) is 8.01. The maximum atomic E-state index is 12.5. The van der Waals surface area contributed by atoms with Crippen LogP contribution in [-0.4, -0.2) is 44.2 Å². The van der Waals surface area contributed by atoms with Gasteiger partial charge in [0.15, 0.2) is 4.90 Å². The third kappa shape index (κ3) is 6.93. The van der Waals surface area contributed by atoms with E-state index in [1.165, 1.54) is 19.1 Å². The molecule has 0 aromatic heterocycles. The van der Waals surface area contributed by atoms with E-state index in [1.54, 1.807) is 6.08 Å². The lowest BCUT2D eigenvalue weighted by Gasteiger charge is -2.15. The van der Waals surface area contributed by atoms with Crippen LogP contribution in [0.15, 0.2) is 53.0 Å². The van der Waals surface area contributed by atoms with Crippen molar-refractivity contribution in [3.05, 3.63) is 58.2 Å². The quantitative estimate of drug-likeness (QED) is 0.250. The fourth-order valence-corrected chi connectivity index (χ4v) is 3.41. The topological polar surface area (TPSA) is 136 Å². The number of aliphatic hydroxyl groups excluding tert-OH is 1. The Balaban J connectivity index is 3.11. The lowest BCUT2D eigenvalue weighted by atomic mass is 10.0. The fourth-order valence-electron chi connectivity index (χ4n) is 2.21. The highest BCUT2D eigenvalue weighted by atomic mass is 32.2. The minimum atomic E-state index is -4.17. The van der Waals surface area contributed by atoms with Crippen LogP contribution in [0.4, 0.5) is 5.69 Å². The van der Waals surface area contributed by atoms with Crippen LogP contribution >= 0.6 is 0 Å². The molecule has 1 aromatic carbocycles. The number of nitro benzene ring substituents is 1. The van der Waals surface area contributed by atoms with Gasteiger partial charge in [-0.05, 0) is 24.5 Å².